The summed E-state index contributed by atoms with van der Waals surface area (Å²) in [6.45, 7) is 5.34. The average molecular weight is 295 g/mol. The van der Waals surface area contributed by atoms with Crippen molar-refractivity contribution < 1.29 is 0 Å². The normalized spacial score (nSPS) is 11.4. The largest absolute Gasteiger partial charge is 0.346 e. The topological polar surface area (TPSA) is 17.0 Å². The number of aromatic nitrogens is 1. The van der Waals surface area contributed by atoms with Crippen molar-refractivity contribution in [2.24, 2.45) is 7.05 Å². The van der Waals surface area contributed by atoms with E-state index in [-0.39, 0.29) is 0 Å². The van der Waals surface area contributed by atoms with Gasteiger partial charge in [-0.15, -0.1) is 0 Å². The summed E-state index contributed by atoms with van der Waals surface area (Å²) in [4.78, 5) is 0. The van der Waals surface area contributed by atoms with Crippen molar-refractivity contribution in [3.05, 3.63) is 33.4 Å². The highest BCUT2D eigenvalue weighted by Gasteiger charge is 2.14. The molecule has 0 bridgehead atoms. The van der Waals surface area contributed by atoms with Crippen LogP contribution in [0.4, 0.5) is 0 Å². The third-order valence-corrected chi connectivity index (χ3v) is 4.17. The maximum atomic E-state index is 3.75. The Morgan fingerprint density at radius 1 is 1.29 bits per heavy atom. The van der Waals surface area contributed by atoms with Crippen LogP contribution in [0.3, 0.4) is 0 Å². The Kier molecular flexibility index (Phi) is 3.59. The molecule has 92 valence electrons. The second-order valence-electron chi connectivity index (χ2n) is 4.65. The number of aryl methyl sites for hydroxylation is 3. The number of nitrogens with one attached hydrogen (secondary N) is 1. The minimum absolute atomic E-state index is 1.00. The molecule has 0 atom stereocenters. The summed E-state index contributed by atoms with van der Waals surface area (Å²) in [7, 11) is 4.15. The Balaban J connectivity index is 2.67. The molecule has 3 heteroatoms. The molecule has 0 unspecified atom stereocenters. The van der Waals surface area contributed by atoms with Gasteiger partial charge in [-0.25, -0.2) is 0 Å². The van der Waals surface area contributed by atoms with E-state index < -0.39 is 0 Å². The van der Waals surface area contributed by atoms with Gasteiger partial charge in [-0.1, -0.05) is 11.6 Å². The minimum atomic E-state index is 1.00. The predicted molar refractivity (Wildman–Crippen MR) is 77.7 cm³/mol. The van der Waals surface area contributed by atoms with Crippen molar-refractivity contribution in [1.82, 2.24) is 9.88 Å². The van der Waals surface area contributed by atoms with Gasteiger partial charge in [0.2, 0.25) is 0 Å². The standard InChI is InChI=1S/C14H19BrN2/c1-9-7-10(2)14-11(8-9)13(15)12(17(14)4)5-6-16-3/h7-8,16H,5-6H2,1-4H3. The van der Waals surface area contributed by atoms with Gasteiger partial charge in [0, 0.05) is 35.6 Å². The smallest absolute Gasteiger partial charge is 0.0521 e. The number of hydrogen-bond donors (Lipinski definition) is 1. The molecule has 1 aromatic heterocycles. The van der Waals surface area contributed by atoms with Crippen molar-refractivity contribution in [2.75, 3.05) is 13.6 Å². The fourth-order valence-corrected chi connectivity index (χ4v) is 3.30. The van der Waals surface area contributed by atoms with Crippen LogP contribution in [-0.2, 0) is 13.5 Å². The van der Waals surface area contributed by atoms with Crippen LogP contribution < -0.4 is 5.32 Å². The number of hydrogen-bond acceptors (Lipinski definition) is 1. The van der Waals surface area contributed by atoms with E-state index in [0.29, 0.717) is 0 Å². The lowest BCUT2D eigenvalue weighted by Crippen LogP contribution is -2.12. The SMILES string of the molecule is CNCCc1c(Br)c2cc(C)cc(C)c2n1C. The molecule has 0 aliphatic heterocycles. The maximum Gasteiger partial charge on any atom is 0.0521 e. The van der Waals surface area contributed by atoms with Crippen LogP contribution in [0, 0.1) is 13.8 Å². The van der Waals surface area contributed by atoms with Gasteiger partial charge in [0.15, 0.2) is 0 Å². The molecule has 1 N–H and O–H groups in total. The number of rotatable bonds is 3. The second kappa shape index (κ2) is 4.83. The Bertz CT molecular complexity index is 555. The molecular weight excluding hydrogens is 276 g/mol. The molecular formula is C14H19BrN2. The molecule has 0 radical (unpaired) electrons. The van der Waals surface area contributed by atoms with Crippen LogP contribution >= 0.6 is 15.9 Å². The lowest BCUT2D eigenvalue weighted by molar-refractivity contribution is 0.743. The Morgan fingerprint density at radius 3 is 2.65 bits per heavy atom. The van der Waals surface area contributed by atoms with Gasteiger partial charge >= 0.3 is 0 Å². The first-order chi connectivity index (χ1) is 8.06. The van der Waals surface area contributed by atoms with Crippen molar-refractivity contribution in [3.8, 4) is 0 Å². The molecule has 1 heterocycles. The third kappa shape index (κ3) is 2.14. The molecule has 2 aromatic rings. The molecule has 0 saturated carbocycles. The molecule has 2 nitrogen and oxygen atoms in total. The summed E-state index contributed by atoms with van der Waals surface area (Å²) < 4.78 is 3.56. The van der Waals surface area contributed by atoms with Crippen molar-refractivity contribution in [1.29, 1.82) is 0 Å². The molecule has 17 heavy (non-hydrogen) atoms. The van der Waals surface area contributed by atoms with E-state index in [2.05, 4.69) is 58.8 Å². The second-order valence-corrected chi connectivity index (χ2v) is 5.44. The quantitative estimate of drug-likeness (QED) is 0.919. The van der Waals surface area contributed by atoms with Gasteiger partial charge in [0.1, 0.15) is 0 Å². The number of nitrogens with zero attached hydrogens (tertiary/aromatic N) is 1. The van der Waals surface area contributed by atoms with Crippen LogP contribution in [0.15, 0.2) is 16.6 Å². The minimum Gasteiger partial charge on any atom is -0.346 e. The van der Waals surface area contributed by atoms with Crippen molar-refractivity contribution in [3.63, 3.8) is 0 Å². The molecule has 0 fully saturated rings. The highest BCUT2D eigenvalue weighted by molar-refractivity contribution is 9.10. The lowest BCUT2D eigenvalue weighted by Gasteiger charge is -2.06. The Labute approximate surface area is 111 Å². The summed E-state index contributed by atoms with van der Waals surface area (Å²) in [5.74, 6) is 0. The summed E-state index contributed by atoms with van der Waals surface area (Å²) >= 11 is 3.75. The van der Waals surface area contributed by atoms with Crippen LogP contribution in [0.5, 0.6) is 0 Å². The van der Waals surface area contributed by atoms with E-state index in [0.717, 1.165) is 13.0 Å². The molecule has 2 rings (SSSR count). The first-order valence-corrected chi connectivity index (χ1v) is 6.74. The lowest BCUT2D eigenvalue weighted by atomic mass is 10.1. The van der Waals surface area contributed by atoms with Gasteiger partial charge in [-0.05, 0) is 48.5 Å². The molecule has 0 spiro atoms. The number of likely N-dealkylation sites (N-methyl/N-ethyl adjacent to an activating group) is 1. The van der Waals surface area contributed by atoms with Crippen LogP contribution in [0.1, 0.15) is 16.8 Å². The van der Waals surface area contributed by atoms with Crippen LogP contribution in [0.25, 0.3) is 10.9 Å². The summed E-state index contributed by atoms with van der Waals surface area (Å²) in [5, 5.41) is 4.54. The number of fused-ring (bicyclic) bond motifs is 1. The average Bonchev–Trinajstić information content (AvgIpc) is 2.49. The number of halogens is 1. The highest BCUT2D eigenvalue weighted by Crippen LogP contribution is 2.33. The first kappa shape index (κ1) is 12.7. The van der Waals surface area contributed by atoms with E-state index in [1.807, 2.05) is 7.05 Å². The maximum absolute atomic E-state index is 3.75. The molecule has 0 aliphatic carbocycles. The Morgan fingerprint density at radius 2 is 2.00 bits per heavy atom. The zero-order valence-corrected chi connectivity index (χ0v) is 12.5. The molecule has 0 saturated heterocycles. The van der Waals surface area contributed by atoms with Gasteiger partial charge in [-0.2, -0.15) is 0 Å². The van der Waals surface area contributed by atoms with Crippen molar-refractivity contribution in [2.45, 2.75) is 20.3 Å². The zero-order valence-electron chi connectivity index (χ0n) is 10.9. The fourth-order valence-electron chi connectivity index (χ4n) is 2.53. The zero-order chi connectivity index (χ0) is 12.6. The summed E-state index contributed by atoms with van der Waals surface area (Å²) in [6.07, 6.45) is 1.04. The summed E-state index contributed by atoms with van der Waals surface area (Å²) in [6, 6.07) is 4.51. The highest BCUT2D eigenvalue weighted by atomic mass is 79.9. The van der Waals surface area contributed by atoms with E-state index in [9.17, 15) is 0 Å². The fraction of sp³-hybridized carbons (Fsp3) is 0.429. The summed E-state index contributed by atoms with van der Waals surface area (Å²) in [5.41, 5.74) is 5.37. The first-order valence-electron chi connectivity index (χ1n) is 5.95. The number of benzene rings is 1. The van der Waals surface area contributed by atoms with E-state index in [1.165, 1.54) is 32.2 Å². The van der Waals surface area contributed by atoms with Crippen molar-refractivity contribution >= 4 is 26.8 Å². The van der Waals surface area contributed by atoms with E-state index in [4.69, 9.17) is 0 Å². The van der Waals surface area contributed by atoms with Gasteiger partial charge < -0.3 is 9.88 Å². The van der Waals surface area contributed by atoms with Gasteiger partial charge in [-0.3, -0.25) is 0 Å². The van der Waals surface area contributed by atoms with Gasteiger partial charge in [0.25, 0.3) is 0 Å². The van der Waals surface area contributed by atoms with E-state index in [1.54, 1.807) is 0 Å². The third-order valence-electron chi connectivity index (χ3n) is 3.29. The molecule has 0 aliphatic rings. The molecule has 1 aromatic carbocycles. The van der Waals surface area contributed by atoms with Crippen LogP contribution in [-0.4, -0.2) is 18.2 Å². The molecule has 0 amide bonds. The Hall–Kier alpha value is -0.800. The predicted octanol–water partition coefficient (Wildman–Crippen LogP) is 3.32. The van der Waals surface area contributed by atoms with Crippen LogP contribution in [0.2, 0.25) is 0 Å². The monoisotopic (exact) mass is 294 g/mol. The van der Waals surface area contributed by atoms with E-state index >= 15 is 0 Å². The van der Waals surface area contributed by atoms with Gasteiger partial charge in [0.05, 0.1) is 5.52 Å².